The zero-order valence-corrected chi connectivity index (χ0v) is 23.2. The highest BCUT2D eigenvalue weighted by Crippen LogP contribution is 2.25. The fraction of sp³-hybridized carbons (Fsp3) is 0.310. The molecule has 1 N–H and O–H groups in total. The second-order valence-electron chi connectivity index (χ2n) is 8.99. The van der Waals surface area contributed by atoms with Gasteiger partial charge in [-0.3, -0.25) is 13.9 Å². The lowest BCUT2D eigenvalue weighted by Gasteiger charge is -2.32. The van der Waals surface area contributed by atoms with Crippen LogP contribution in [0.1, 0.15) is 32.3 Å². The molecule has 0 radical (unpaired) electrons. The van der Waals surface area contributed by atoms with Gasteiger partial charge in [-0.1, -0.05) is 43.7 Å². The first-order valence-electron chi connectivity index (χ1n) is 12.7. The molecular weight excluding hydrogens is 521 g/mol. The van der Waals surface area contributed by atoms with Crippen LogP contribution in [0, 0.1) is 5.82 Å². The van der Waals surface area contributed by atoms with E-state index in [1.54, 1.807) is 68.6 Å². The van der Waals surface area contributed by atoms with Gasteiger partial charge in [0.1, 0.15) is 24.2 Å². The highest BCUT2D eigenvalue weighted by atomic mass is 32.2. The number of halogens is 1. The highest BCUT2D eigenvalue weighted by Gasteiger charge is 2.32. The minimum Gasteiger partial charge on any atom is -0.497 e. The van der Waals surface area contributed by atoms with Gasteiger partial charge in [0.15, 0.2) is 0 Å². The molecule has 0 saturated heterocycles. The number of unbranched alkanes of at least 4 members (excludes halogenated alkanes) is 1. The highest BCUT2D eigenvalue weighted by molar-refractivity contribution is 7.92. The minimum atomic E-state index is -4.24. The fourth-order valence-corrected chi connectivity index (χ4v) is 5.32. The number of hydrogen-bond donors (Lipinski definition) is 1. The van der Waals surface area contributed by atoms with Crippen LogP contribution in [0.15, 0.2) is 83.8 Å². The van der Waals surface area contributed by atoms with E-state index in [0.29, 0.717) is 12.3 Å². The molecule has 0 heterocycles. The third kappa shape index (κ3) is 7.79. The quantitative estimate of drug-likeness (QED) is 0.316. The summed E-state index contributed by atoms with van der Waals surface area (Å²) in [5.74, 6) is -0.844. The molecule has 208 valence electrons. The van der Waals surface area contributed by atoms with Crippen molar-refractivity contribution in [1.29, 1.82) is 0 Å². The summed E-state index contributed by atoms with van der Waals surface area (Å²) in [6, 6.07) is 18.8. The lowest BCUT2D eigenvalue weighted by atomic mass is 10.1. The van der Waals surface area contributed by atoms with Crippen LogP contribution in [0.2, 0.25) is 0 Å². The summed E-state index contributed by atoms with van der Waals surface area (Å²) in [4.78, 5) is 28.0. The number of hydrogen-bond acceptors (Lipinski definition) is 5. The lowest BCUT2D eigenvalue weighted by Crippen LogP contribution is -2.51. The maximum Gasteiger partial charge on any atom is 0.264 e. The van der Waals surface area contributed by atoms with E-state index in [4.69, 9.17) is 4.74 Å². The Morgan fingerprint density at radius 1 is 0.974 bits per heavy atom. The number of para-hydroxylation sites is 1. The third-order valence-corrected chi connectivity index (χ3v) is 8.02. The molecule has 39 heavy (non-hydrogen) atoms. The van der Waals surface area contributed by atoms with E-state index in [1.165, 1.54) is 4.90 Å². The van der Waals surface area contributed by atoms with Gasteiger partial charge in [0, 0.05) is 13.1 Å². The van der Waals surface area contributed by atoms with Gasteiger partial charge >= 0.3 is 0 Å². The number of carbonyl (C=O) groups excluding carboxylic acids is 2. The van der Waals surface area contributed by atoms with Gasteiger partial charge in [-0.2, -0.15) is 0 Å². The van der Waals surface area contributed by atoms with Crippen molar-refractivity contribution in [2.45, 2.75) is 44.2 Å². The third-order valence-electron chi connectivity index (χ3n) is 6.23. The molecule has 0 aromatic heterocycles. The molecule has 0 fully saturated rings. The van der Waals surface area contributed by atoms with Gasteiger partial charge in [0.05, 0.1) is 17.7 Å². The summed E-state index contributed by atoms with van der Waals surface area (Å²) in [5, 5.41) is 2.85. The molecule has 0 unspecified atom stereocenters. The smallest absolute Gasteiger partial charge is 0.264 e. The summed E-state index contributed by atoms with van der Waals surface area (Å²) in [6.07, 6.45) is 1.69. The van der Waals surface area contributed by atoms with Crippen molar-refractivity contribution in [3.63, 3.8) is 0 Å². The van der Waals surface area contributed by atoms with Crippen LogP contribution in [0.4, 0.5) is 10.1 Å². The number of carbonyl (C=O) groups is 2. The first-order valence-corrected chi connectivity index (χ1v) is 14.1. The van der Waals surface area contributed by atoms with Crippen molar-refractivity contribution in [3.8, 4) is 5.75 Å². The van der Waals surface area contributed by atoms with E-state index in [-0.39, 0.29) is 23.0 Å². The zero-order chi connectivity index (χ0) is 28.4. The lowest BCUT2D eigenvalue weighted by molar-refractivity contribution is -0.139. The van der Waals surface area contributed by atoms with Crippen LogP contribution in [0.3, 0.4) is 0 Å². The molecule has 0 aliphatic rings. The Morgan fingerprint density at radius 2 is 1.62 bits per heavy atom. The molecule has 0 saturated carbocycles. The molecule has 0 spiro atoms. The number of methoxy groups -OCH3 is 1. The predicted octanol–water partition coefficient (Wildman–Crippen LogP) is 4.36. The summed E-state index contributed by atoms with van der Waals surface area (Å²) in [7, 11) is -2.69. The molecule has 1 atom stereocenters. The average Bonchev–Trinajstić information content (AvgIpc) is 2.95. The monoisotopic (exact) mass is 555 g/mol. The van der Waals surface area contributed by atoms with E-state index in [1.807, 2.05) is 6.92 Å². The van der Waals surface area contributed by atoms with Crippen molar-refractivity contribution >= 4 is 27.5 Å². The summed E-state index contributed by atoms with van der Waals surface area (Å²) < 4.78 is 47.0. The van der Waals surface area contributed by atoms with Crippen molar-refractivity contribution in [3.05, 3.63) is 90.2 Å². The van der Waals surface area contributed by atoms with E-state index in [2.05, 4.69) is 5.32 Å². The first kappa shape index (κ1) is 29.6. The van der Waals surface area contributed by atoms with Crippen LogP contribution in [0.5, 0.6) is 5.75 Å². The maximum absolute atomic E-state index is 13.8. The SMILES string of the molecule is CCCCNC(=O)[C@H](C)N(Cc1ccc(OC)cc1)C(=O)CN(c1ccccc1)S(=O)(=O)c1ccc(F)cc1. The van der Waals surface area contributed by atoms with Crippen molar-refractivity contribution in [1.82, 2.24) is 10.2 Å². The van der Waals surface area contributed by atoms with Crippen LogP contribution in [0.25, 0.3) is 0 Å². The zero-order valence-electron chi connectivity index (χ0n) is 22.3. The molecule has 0 aliphatic heterocycles. The number of anilines is 1. The van der Waals surface area contributed by atoms with Crippen molar-refractivity contribution in [2.24, 2.45) is 0 Å². The largest absolute Gasteiger partial charge is 0.497 e. The Labute approximate surface area is 229 Å². The van der Waals surface area contributed by atoms with Gasteiger partial charge in [-0.05, 0) is 67.4 Å². The Kier molecular flexibility index (Phi) is 10.4. The molecule has 8 nitrogen and oxygen atoms in total. The summed E-state index contributed by atoms with van der Waals surface area (Å²) in [6.45, 7) is 3.61. The summed E-state index contributed by atoms with van der Waals surface area (Å²) in [5.41, 5.74) is 1.00. The molecule has 0 bridgehead atoms. The van der Waals surface area contributed by atoms with Crippen LogP contribution in [-0.4, -0.2) is 51.4 Å². The van der Waals surface area contributed by atoms with E-state index >= 15 is 0 Å². The molecular formula is C29H34FN3O5S. The number of nitrogens with zero attached hydrogens (tertiary/aromatic N) is 2. The van der Waals surface area contributed by atoms with Gasteiger partial charge in [0.2, 0.25) is 11.8 Å². The molecule has 2 amide bonds. The topological polar surface area (TPSA) is 96.0 Å². The Morgan fingerprint density at radius 3 is 2.21 bits per heavy atom. The van der Waals surface area contributed by atoms with Gasteiger partial charge in [-0.25, -0.2) is 12.8 Å². The van der Waals surface area contributed by atoms with Crippen LogP contribution < -0.4 is 14.4 Å². The number of benzene rings is 3. The average molecular weight is 556 g/mol. The molecule has 0 aliphatic carbocycles. The number of sulfonamides is 1. The Balaban J connectivity index is 1.96. The van der Waals surface area contributed by atoms with Crippen LogP contribution in [-0.2, 0) is 26.2 Å². The normalized spacial score (nSPS) is 11.9. The number of amides is 2. The first-order chi connectivity index (χ1) is 18.7. The maximum atomic E-state index is 13.8. The van der Waals surface area contributed by atoms with E-state index in [0.717, 1.165) is 47.0 Å². The predicted molar refractivity (Wildman–Crippen MR) is 148 cm³/mol. The van der Waals surface area contributed by atoms with E-state index < -0.39 is 34.3 Å². The minimum absolute atomic E-state index is 0.0738. The number of rotatable bonds is 13. The van der Waals surface area contributed by atoms with Gasteiger partial charge < -0.3 is 15.0 Å². The number of nitrogens with one attached hydrogen (secondary N) is 1. The molecule has 10 heteroatoms. The summed E-state index contributed by atoms with van der Waals surface area (Å²) >= 11 is 0. The Bertz CT molecular complexity index is 1330. The van der Waals surface area contributed by atoms with Crippen molar-refractivity contribution < 1.29 is 27.1 Å². The Hall–Kier alpha value is -3.92. The molecule has 3 aromatic rings. The van der Waals surface area contributed by atoms with Crippen LogP contribution >= 0.6 is 0 Å². The second-order valence-corrected chi connectivity index (χ2v) is 10.9. The van der Waals surface area contributed by atoms with Gasteiger partial charge in [-0.15, -0.1) is 0 Å². The standard InChI is InChI=1S/C29H34FN3O5S/c1-4-5-19-31-29(35)22(2)32(20-23-11-15-26(38-3)16-12-23)28(34)21-33(25-9-7-6-8-10-25)39(36,37)27-17-13-24(30)14-18-27/h6-18,22H,4-5,19-21H2,1-3H3,(H,31,35)/t22-/m0/s1. The number of ether oxygens (including phenoxy) is 1. The van der Waals surface area contributed by atoms with Gasteiger partial charge in [0.25, 0.3) is 10.0 Å². The van der Waals surface area contributed by atoms with Crippen molar-refractivity contribution in [2.75, 3.05) is 24.5 Å². The fourth-order valence-electron chi connectivity index (χ4n) is 3.90. The van der Waals surface area contributed by atoms with E-state index in [9.17, 15) is 22.4 Å². The second kappa shape index (κ2) is 13.7. The molecule has 3 rings (SSSR count). The molecule has 3 aromatic carbocycles.